The predicted octanol–water partition coefficient (Wildman–Crippen LogP) is 0.175. The van der Waals surface area contributed by atoms with Crippen molar-refractivity contribution in [3.05, 3.63) is 5.54 Å². The van der Waals surface area contributed by atoms with Gasteiger partial charge in [-0.3, -0.25) is 4.79 Å². The second kappa shape index (κ2) is 7.30. The Morgan fingerprint density at radius 2 is 2.17 bits per heavy atom. The Morgan fingerprint density at radius 3 is 2.67 bits per heavy atom. The van der Waals surface area contributed by atoms with Crippen LogP contribution in [0.15, 0.2) is 0 Å². The molecule has 0 fully saturated rings. The molecule has 0 aliphatic heterocycles. The van der Waals surface area contributed by atoms with E-state index < -0.39 is 5.97 Å². The number of unbranched alkanes of at least 4 members (excludes halogenated alkanes) is 2. The zero-order valence-electron chi connectivity index (χ0n) is 7.80. The van der Waals surface area contributed by atoms with Crippen LogP contribution in [0.3, 0.4) is 0 Å². The predicted molar refractivity (Wildman–Crippen MR) is 51.2 cm³/mol. The highest BCUT2D eigenvalue weighted by Gasteiger charge is 2.10. The molecule has 3 nitrogen and oxygen atoms in total. The number of hydrogen-bond donors (Lipinski definition) is 1. The number of carboxylic acid groups (broad SMARTS) is 1. The fourth-order valence-electron chi connectivity index (χ4n) is 0.741. The first-order valence-electron chi connectivity index (χ1n) is 4.32. The molecule has 0 spiro atoms. The molecular weight excluding hydrogens is 172 g/mol. The first kappa shape index (κ1) is 11.6. The van der Waals surface area contributed by atoms with E-state index in [2.05, 4.69) is 6.92 Å². The molecule has 1 radical (unpaired) electrons. The summed E-state index contributed by atoms with van der Waals surface area (Å²) in [6.07, 6.45) is 3.36. The maximum absolute atomic E-state index is 10.3. The lowest BCUT2D eigenvalue weighted by Crippen LogP contribution is -2.17. The lowest BCUT2D eigenvalue weighted by Gasteiger charge is -2.05. The minimum absolute atomic E-state index is 0.311. The van der Waals surface area contributed by atoms with Gasteiger partial charge in [0.25, 0.3) is 0 Å². The molecule has 12 heavy (non-hydrogen) atoms. The van der Waals surface area contributed by atoms with E-state index in [0.717, 1.165) is 12.8 Å². The molecule has 4 heteroatoms. The van der Waals surface area contributed by atoms with E-state index in [4.69, 9.17) is 9.84 Å². The molecule has 1 N–H and O–H groups in total. The fourth-order valence-corrected chi connectivity index (χ4v) is 0.945. The molecule has 71 valence electrons. The average molecular weight is 189 g/mol. The third-order valence-electron chi connectivity index (χ3n) is 1.58. The number of rotatable bonds is 7. The fraction of sp³-hybridized carbons (Fsp3) is 0.750. The number of carboxylic acids is 1. The van der Waals surface area contributed by atoms with Crippen molar-refractivity contribution in [3.63, 3.8) is 0 Å². The van der Waals surface area contributed by atoms with Crippen molar-refractivity contribution in [2.24, 2.45) is 0 Å². The molecule has 0 saturated heterocycles. The third-order valence-corrected chi connectivity index (χ3v) is 2.29. The Morgan fingerprint density at radius 1 is 1.50 bits per heavy atom. The summed E-state index contributed by atoms with van der Waals surface area (Å²) in [4.78, 5) is 10.3. The highest BCUT2D eigenvalue weighted by atomic mass is 28.1. The van der Waals surface area contributed by atoms with Gasteiger partial charge in [-0.2, -0.15) is 0 Å². The largest absolute Gasteiger partial charge is 0.481 e. The molecule has 0 aromatic rings. The minimum atomic E-state index is -0.808. The Hall–Kier alpha value is -0.353. The van der Waals surface area contributed by atoms with Crippen molar-refractivity contribution in [3.8, 4) is 0 Å². The van der Waals surface area contributed by atoms with Crippen LogP contribution in [-0.4, -0.2) is 34.5 Å². The van der Waals surface area contributed by atoms with E-state index >= 15 is 0 Å². The summed E-state index contributed by atoms with van der Waals surface area (Å²) in [7, 11) is 0.585. The van der Waals surface area contributed by atoms with Gasteiger partial charge in [0.2, 0.25) is 0 Å². The van der Waals surface area contributed by atoms with Crippen molar-refractivity contribution in [2.75, 3.05) is 13.2 Å². The standard InChI is InChI=1S/C8H17O3Si/c1-2-3-4-5-11-6-7(12)8(9)10/h2-6H2,1,12H3,(H,9,10). The summed E-state index contributed by atoms with van der Waals surface area (Å²) in [5, 5.41) is 8.50. The zero-order chi connectivity index (χ0) is 9.40. The highest BCUT2D eigenvalue weighted by molar-refractivity contribution is 6.31. The summed E-state index contributed by atoms with van der Waals surface area (Å²) in [6.45, 7) is 3.12. The molecular formula is C8H17O3Si. The maximum Gasteiger partial charge on any atom is 0.309 e. The van der Waals surface area contributed by atoms with Crippen LogP contribution in [0.2, 0.25) is 0 Å². The molecule has 0 amide bonds. The van der Waals surface area contributed by atoms with E-state index in [9.17, 15) is 4.79 Å². The molecule has 0 aliphatic carbocycles. The summed E-state index contributed by atoms with van der Waals surface area (Å²) >= 11 is 0. The van der Waals surface area contributed by atoms with Crippen LogP contribution in [-0.2, 0) is 9.53 Å². The highest BCUT2D eigenvalue weighted by Crippen LogP contribution is 1.98. The molecule has 0 unspecified atom stereocenters. The maximum atomic E-state index is 10.3. The van der Waals surface area contributed by atoms with Crippen LogP contribution in [0, 0.1) is 5.54 Å². The van der Waals surface area contributed by atoms with Crippen LogP contribution < -0.4 is 0 Å². The Labute approximate surface area is 76.5 Å². The molecule has 0 saturated carbocycles. The van der Waals surface area contributed by atoms with Crippen LogP contribution >= 0.6 is 0 Å². The number of aliphatic carboxylic acids is 1. The molecule has 0 aromatic heterocycles. The second-order valence-electron chi connectivity index (χ2n) is 2.85. The molecule has 0 bridgehead atoms. The first-order valence-corrected chi connectivity index (χ1v) is 5.32. The van der Waals surface area contributed by atoms with Gasteiger partial charge >= 0.3 is 5.97 Å². The molecule has 0 rings (SSSR count). The number of hydrogen-bond acceptors (Lipinski definition) is 2. The molecule has 0 aromatic carbocycles. The quantitative estimate of drug-likeness (QED) is 0.459. The summed E-state index contributed by atoms with van der Waals surface area (Å²) in [6, 6.07) is 0. The number of carbonyl (C=O) groups is 1. The van der Waals surface area contributed by atoms with Gasteiger partial charge in [0.15, 0.2) is 0 Å². The van der Waals surface area contributed by atoms with Gasteiger partial charge in [0.1, 0.15) is 0 Å². The van der Waals surface area contributed by atoms with E-state index in [1.54, 1.807) is 0 Å². The Balaban J connectivity index is 3.14. The van der Waals surface area contributed by atoms with Gasteiger partial charge in [-0.1, -0.05) is 19.8 Å². The summed E-state index contributed by atoms with van der Waals surface area (Å²) < 4.78 is 5.18. The Bertz CT molecular complexity index is 127. The van der Waals surface area contributed by atoms with Gasteiger partial charge in [-0.05, 0) is 6.42 Å². The van der Waals surface area contributed by atoms with Crippen molar-refractivity contribution in [1.29, 1.82) is 0 Å². The smallest absolute Gasteiger partial charge is 0.309 e. The van der Waals surface area contributed by atoms with E-state index in [0.29, 0.717) is 29.0 Å². The number of ether oxygens (including phenoxy) is 1. The van der Waals surface area contributed by atoms with Crippen LogP contribution in [0.5, 0.6) is 0 Å². The molecule has 0 heterocycles. The van der Waals surface area contributed by atoms with Gasteiger partial charge < -0.3 is 9.84 Å². The van der Waals surface area contributed by atoms with E-state index in [-0.39, 0.29) is 0 Å². The molecule has 0 aliphatic rings. The van der Waals surface area contributed by atoms with Gasteiger partial charge in [-0.25, -0.2) is 0 Å². The van der Waals surface area contributed by atoms with Crippen LogP contribution in [0.1, 0.15) is 26.2 Å². The zero-order valence-corrected chi connectivity index (χ0v) is 9.80. The first-order chi connectivity index (χ1) is 5.68. The van der Waals surface area contributed by atoms with Gasteiger partial charge in [0, 0.05) is 16.8 Å². The van der Waals surface area contributed by atoms with Crippen LogP contribution in [0.4, 0.5) is 0 Å². The average Bonchev–Trinajstić information content (AvgIpc) is 2.03. The third kappa shape index (κ3) is 6.36. The normalized spacial score (nSPS) is 10.8. The SMILES string of the molecule is CCCCCOC[C]([SiH3])C(=O)O. The van der Waals surface area contributed by atoms with Crippen molar-refractivity contribution >= 4 is 16.2 Å². The van der Waals surface area contributed by atoms with Crippen molar-refractivity contribution < 1.29 is 14.6 Å². The molecule has 0 atom stereocenters. The van der Waals surface area contributed by atoms with E-state index in [1.807, 2.05) is 0 Å². The van der Waals surface area contributed by atoms with Crippen LogP contribution in [0.25, 0.3) is 0 Å². The van der Waals surface area contributed by atoms with Crippen molar-refractivity contribution in [1.82, 2.24) is 0 Å². The topological polar surface area (TPSA) is 46.5 Å². The van der Waals surface area contributed by atoms with Gasteiger partial charge in [0.05, 0.1) is 12.1 Å². The van der Waals surface area contributed by atoms with E-state index in [1.165, 1.54) is 6.42 Å². The Kier molecular flexibility index (Phi) is 7.09. The monoisotopic (exact) mass is 189 g/mol. The van der Waals surface area contributed by atoms with Gasteiger partial charge in [-0.15, -0.1) is 0 Å². The summed E-state index contributed by atoms with van der Waals surface area (Å²) in [5.74, 6) is -0.808. The lowest BCUT2D eigenvalue weighted by atomic mass is 10.3. The van der Waals surface area contributed by atoms with Crippen molar-refractivity contribution in [2.45, 2.75) is 26.2 Å². The summed E-state index contributed by atoms with van der Waals surface area (Å²) in [5.41, 5.74) is 0.506. The lowest BCUT2D eigenvalue weighted by molar-refractivity contribution is -0.134. The minimum Gasteiger partial charge on any atom is -0.481 e. The second-order valence-corrected chi connectivity index (χ2v) is 4.05.